The molecule has 5 aromatic carbocycles. The van der Waals surface area contributed by atoms with Gasteiger partial charge in [-0.3, -0.25) is 9.59 Å². The summed E-state index contributed by atoms with van der Waals surface area (Å²) in [4.78, 5) is 38.3. The van der Waals surface area contributed by atoms with E-state index in [0.717, 1.165) is 5.39 Å². The van der Waals surface area contributed by atoms with E-state index < -0.39 is 52.5 Å². The summed E-state index contributed by atoms with van der Waals surface area (Å²) in [7, 11) is -3.98. The fourth-order valence-corrected chi connectivity index (χ4v) is 7.58. The lowest BCUT2D eigenvalue weighted by Crippen LogP contribution is -2.50. The Morgan fingerprint density at radius 3 is 1.81 bits per heavy atom. The zero-order chi connectivity index (χ0) is 33.0. The molecule has 1 aliphatic rings. The molecule has 1 atom stereocenters. The molecule has 10 heteroatoms. The van der Waals surface area contributed by atoms with Gasteiger partial charge in [-0.25, -0.2) is 13.2 Å². The Morgan fingerprint density at radius 1 is 0.723 bits per heavy atom. The Kier molecular flexibility index (Phi) is 8.69. The van der Waals surface area contributed by atoms with Crippen molar-refractivity contribution in [3.05, 3.63) is 155 Å². The highest BCUT2D eigenvalue weighted by molar-refractivity contribution is 7.96. The molecule has 0 aromatic heterocycles. The summed E-state index contributed by atoms with van der Waals surface area (Å²) in [5.41, 5.74) is 1.35. The molecule has 0 radical (unpaired) electrons. The zero-order valence-corrected chi connectivity index (χ0v) is 25.7. The van der Waals surface area contributed by atoms with Crippen LogP contribution in [0.15, 0.2) is 137 Å². The van der Waals surface area contributed by atoms with Crippen LogP contribution in [0.4, 0.5) is 9.18 Å². The van der Waals surface area contributed by atoms with Gasteiger partial charge >= 0.3 is 12.1 Å². The quantitative estimate of drug-likeness (QED) is 0.141. The van der Waals surface area contributed by atoms with Gasteiger partial charge < -0.3 is 15.4 Å². The van der Waals surface area contributed by atoms with Crippen LogP contribution in [0, 0.1) is 0 Å². The first kappa shape index (κ1) is 31.4. The molecule has 0 saturated heterocycles. The van der Waals surface area contributed by atoms with Crippen LogP contribution < -0.4 is 10.6 Å². The van der Waals surface area contributed by atoms with E-state index in [1.807, 2.05) is 91.0 Å². The number of nitrogens with one attached hydrogen (secondary N) is 2. The van der Waals surface area contributed by atoms with Crippen molar-refractivity contribution in [1.29, 1.82) is 0 Å². The Hall–Kier alpha value is -5.61. The maximum Gasteiger partial charge on any atom is 0.408 e. The molecule has 2 amide bonds. The minimum Gasteiger partial charge on any atom is -0.444 e. The minimum atomic E-state index is -3.98. The number of ether oxygens (including phenoxy) is 1. The van der Waals surface area contributed by atoms with Crippen LogP contribution >= 0.6 is 0 Å². The molecule has 47 heavy (non-hydrogen) atoms. The maximum absolute atomic E-state index is 14.3. The number of halogens is 1. The third kappa shape index (κ3) is 6.15. The van der Waals surface area contributed by atoms with Gasteiger partial charge in [0.2, 0.25) is 15.7 Å². The number of amides is 2. The highest BCUT2D eigenvalue weighted by Crippen LogP contribution is 2.39. The summed E-state index contributed by atoms with van der Waals surface area (Å²) in [6.07, 6.45) is -0.602. The average Bonchev–Trinajstić information content (AvgIpc) is 3.36. The van der Waals surface area contributed by atoms with Gasteiger partial charge in [-0.2, -0.15) is 4.39 Å². The first-order chi connectivity index (χ1) is 22.7. The molecule has 8 nitrogen and oxygen atoms in total. The second kappa shape index (κ2) is 13.0. The van der Waals surface area contributed by atoms with E-state index in [-0.39, 0.29) is 9.80 Å². The molecule has 0 fully saturated rings. The van der Waals surface area contributed by atoms with E-state index >= 15 is 0 Å². The van der Waals surface area contributed by atoms with Crippen LogP contribution in [0.3, 0.4) is 0 Å². The van der Waals surface area contributed by atoms with E-state index in [2.05, 4.69) is 10.6 Å². The van der Waals surface area contributed by atoms with Crippen LogP contribution in [0.2, 0.25) is 0 Å². The van der Waals surface area contributed by atoms with Gasteiger partial charge in [-0.1, -0.05) is 127 Å². The van der Waals surface area contributed by atoms with E-state index in [1.165, 1.54) is 6.08 Å². The smallest absolute Gasteiger partial charge is 0.408 e. The fourth-order valence-electron chi connectivity index (χ4n) is 5.91. The molecule has 1 aliphatic heterocycles. The van der Waals surface area contributed by atoms with Crippen molar-refractivity contribution in [2.75, 3.05) is 6.61 Å². The molecule has 0 aliphatic carbocycles. The Balaban J connectivity index is 1.20. The first-order valence-corrected chi connectivity index (χ1v) is 16.3. The lowest BCUT2D eigenvalue weighted by Gasteiger charge is -2.37. The van der Waals surface area contributed by atoms with Gasteiger partial charge in [-0.05, 0) is 33.7 Å². The lowest BCUT2D eigenvalue weighted by atomic mass is 9.77. The van der Waals surface area contributed by atoms with Gasteiger partial charge in [0.05, 0.1) is 16.2 Å². The molecule has 5 aromatic rings. The number of alkyl carbamates (subject to hydrolysis) is 1. The summed E-state index contributed by atoms with van der Waals surface area (Å²) in [5, 5.41) is 6.37. The molecule has 1 heterocycles. The van der Waals surface area contributed by atoms with E-state index in [9.17, 15) is 27.2 Å². The van der Waals surface area contributed by atoms with Crippen molar-refractivity contribution in [2.24, 2.45) is 0 Å². The molecular formula is C37H29FN2O6S. The van der Waals surface area contributed by atoms with Crippen LogP contribution in [0.25, 0.3) is 16.8 Å². The number of rotatable bonds is 10. The Morgan fingerprint density at radius 2 is 1.26 bits per heavy atom. The Labute approximate surface area is 270 Å². The SMILES string of the molecule is O=C(C[C@H](NC(=O)OCC1=Cc2ccc3ccccc3c2S1(=O)=O)C(=O)F)NC(c1ccccc1)(c1ccccc1)c1ccccc1. The summed E-state index contributed by atoms with van der Waals surface area (Å²) >= 11 is 0. The minimum absolute atomic E-state index is 0.113. The maximum atomic E-state index is 14.3. The second-order valence-electron chi connectivity index (χ2n) is 11.0. The number of carbonyl (C=O) groups is 3. The van der Waals surface area contributed by atoms with Crippen molar-refractivity contribution >= 4 is 44.7 Å². The predicted molar refractivity (Wildman–Crippen MR) is 175 cm³/mol. The number of sulfone groups is 1. The summed E-state index contributed by atoms with van der Waals surface area (Å²) in [6.45, 7) is -0.657. The second-order valence-corrected chi connectivity index (χ2v) is 12.9. The van der Waals surface area contributed by atoms with Crippen molar-refractivity contribution in [2.45, 2.75) is 22.9 Å². The van der Waals surface area contributed by atoms with Crippen LogP contribution in [0.5, 0.6) is 0 Å². The van der Waals surface area contributed by atoms with Crippen molar-refractivity contribution in [1.82, 2.24) is 10.6 Å². The van der Waals surface area contributed by atoms with Crippen LogP contribution in [-0.2, 0) is 29.7 Å². The Bertz CT molecular complexity index is 2010. The largest absolute Gasteiger partial charge is 0.444 e. The van der Waals surface area contributed by atoms with E-state index in [4.69, 9.17) is 4.74 Å². The number of benzene rings is 5. The molecule has 0 spiro atoms. The van der Waals surface area contributed by atoms with Crippen molar-refractivity contribution < 1.29 is 31.9 Å². The lowest BCUT2D eigenvalue weighted by molar-refractivity contribution is -0.134. The number of hydrogen-bond acceptors (Lipinski definition) is 6. The molecule has 6 rings (SSSR count). The highest BCUT2D eigenvalue weighted by atomic mass is 32.2. The number of carbonyl (C=O) groups excluding carboxylic acids is 3. The predicted octanol–water partition coefficient (Wildman–Crippen LogP) is 6.06. The molecule has 236 valence electrons. The molecule has 0 unspecified atom stereocenters. The molecule has 0 bridgehead atoms. The topological polar surface area (TPSA) is 119 Å². The average molecular weight is 649 g/mol. The third-order valence-electron chi connectivity index (χ3n) is 8.09. The van der Waals surface area contributed by atoms with Gasteiger partial charge in [0.1, 0.15) is 18.2 Å². The highest BCUT2D eigenvalue weighted by Gasteiger charge is 2.39. The molecule has 2 N–H and O–H groups in total. The van der Waals surface area contributed by atoms with Crippen LogP contribution in [0.1, 0.15) is 28.7 Å². The van der Waals surface area contributed by atoms with Gasteiger partial charge in [0, 0.05) is 5.39 Å². The van der Waals surface area contributed by atoms with Crippen molar-refractivity contribution in [3.63, 3.8) is 0 Å². The summed E-state index contributed by atoms with van der Waals surface area (Å²) in [5.74, 6) is -0.735. The zero-order valence-electron chi connectivity index (χ0n) is 24.9. The summed E-state index contributed by atoms with van der Waals surface area (Å²) < 4.78 is 46.1. The van der Waals surface area contributed by atoms with Gasteiger partial charge in [0.15, 0.2) is 0 Å². The molecule has 0 saturated carbocycles. The summed E-state index contributed by atoms with van der Waals surface area (Å²) in [6, 6.07) is 34.2. The van der Waals surface area contributed by atoms with Gasteiger partial charge in [0.25, 0.3) is 0 Å². The standard InChI is InChI=1S/C37H29FN2O6S/c38-35(42)32(39-36(43)46-24-30-22-26-21-20-25-12-10-11-19-31(25)34(26)47(30,44)45)23-33(41)40-37(27-13-4-1-5-14-27,28-15-6-2-7-16-28)29-17-8-3-9-18-29/h1-22,32H,23-24H2,(H,39,43)(H,40,41)/t32-/m0/s1. The van der Waals surface area contributed by atoms with E-state index in [0.29, 0.717) is 27.6 Å². The van der Waals surface area contributed by atoms with Crippen molar-refractivity contribution in [3.8, 4) is 0 Å². The first-order valence-electron chi connectivity index (χ1n) is 14.8. The molecular weight excluding hydrogens is 619 g/mol. The third-order valence-corrected chi connectivity index (χ3v) is 10.0. The fraction of sp³-hybridized carbons (Fsp3) is 0.108. The van der Waals surface area contributed by atoms with Crippen LogP contribution in [-0.4, -0.2) is 39.1 Å². The normalized spacial score (nSPS) is 14.0. The number of fused-ring (bicyclic) bond motifs is 3. The monoisotopic (exact) mass is 648 g/mol. The van der Waals surface area contributed by atoms with E-state index in [1.54, 1.807) is 36.4 Å². The van der Waals surface area contributed by atoms with Gasteiger partial charge in [-0.15, -0.1) is 0 Å². The number of hydrogen-bond donors (Lipinski definition) is 2.